The minimum Gasteiger partial charge on any atom is -0.481 e. The van der Waals surface area contributed by atoms with Crippen LogP contribution in [0.5, 0.6) is 0 Å². The second kappa shape index (κ2) is 5.28. The van der Waals surface area contributed by atoms with Crippen molar-refractivity contribution in [2.75, 3.05) is 13.1 Å². The highest BCUT2D eigenvalue weighted by Crippen LogP contribution is 2.38. The standard InChI is InChI=1S/C9H9ClN2O6S2/c10-8-6(12(15)16)3-7(19-8)20(17,18)11-2-1-5(4-11)9(13)14/h3,5H,1-2,4H2,(H,13,14). The van der Waals surface area contributed by atoms with E-state index in [1.807, 2.05) is 0 Å². The monoisotopic (exact) mass is 340 g/mol. The van der Waals surface area contributed by atoms with Gasteiger partial charge in [0.15, 0.2) is 4.34 Å². The van der Waals surface area contributed by atoms with Gasteiger partial charge in [0.2, 0.25) is 0 Å². The van der Waals surface area contributed by atoms with Gasteiger partial charge in [0.1, 0.15) is 4.21 Å². The number of carboxylic acids is 1. The highest BCUT2D eigenvalue weighted by atomic mass is 35.5. The van der Waals surface area contributed by atoms with E-state index in [2.05, 4.69) is 0 Å². The largest absolute Gasteiger partial charge is 0.481 e. The Hall–Kier alpha value is -1.23. The van der Waals surface area contributed by atoms with Gasteiger partial charge < -0.3 is 5.11 Å². The van der Waals surface area contributed by atoms with Gasteiger partial charge in [-0.3, -0.25) is 14.9 Å². The quantitative estimate of drug-likeness (QED) is 0.654. The zero-order valence-electron chi connectivity index (χ0n) is 9.85. The summed E-state index contributed by atoms with van der Waals surface area (Å²) >= 11 is 6.22. The van der Waals surface area contributed by atoms with Crippen LogP contribution >= 0.6 is 22.9 Å². The summed E-state index contributed by atoms with van der Waals surface area (Å²) in [7, 11) is -3.94. The van der Waals surface area contributed by atoms with Crippen LogP contribution in [0.15, 0.2) is 10.3 Å². The average Bonchev–Trinajstić information content (AvgIpc) is 2.94. The summed E-state index contributed by atoms with van der Waals surface area (Å²) in [6.45, 7) is -0.0659. The Kier molecular flexibility index (Phi) is 4.00. The summed E-state index contributed by atoms with van der Waals surface area (Å²) < 4.78 is 25.0. The van der Waals surface area contributed by atoms with Gasteiger partial charge in [-0.1, -0.05) is 11.6 Å². The number of nitro groups is 1. The second-order valence-electron chi connectivity index (χ2n) is 4.17. The molecule has 1 saturated heterocycles. The Morgan fingerprint density at radius 3 is 2.70 bits per heavy atom. The third kappa shape index (κ3) is 2.64. The molecule has 0 aliphatic carbocycles. The van der Waals surface area contributed by atoms with Crippen LogP contribution in [0.4, 0.5) is 5.69 Å². The molecule has 2 heterocycles. The molecule has 8 nitrogen and oxygen atoms in total. The van der Waals surface area contributed by atoms with Crippen molar-refractivity contribution in [1.29, 1.82) is 0 Å². The van der Waals surface area contributed by atoms with Crippen molar-refractivity contribution >= 4 is 44.6 Å². The molecule has 0 amide bonds. The fraction of sp³-hybridized carbons (Fsp3) is 0.444. The fourth-order valence-electron chi connectivity index (χ4n) is 1.87. The van der Waals surface area contributed by atoms with Crippen LogP contribution in [0.25, 0.3) is 0 Å². The molecule has 0 radical (unpaired) electrons. The van der Waals surface area contributed by atoms with Gasteiger partial charge in [0, 0.05) is 19.2 Å². The molecular weight excluding hydrogens is 332 g/mol. The lowest BCUT2D eigenvalue weighted by Crippen LogP contribution is -2.29. The first kappa shape index (κ1) is 15.2. The van der Waals surface area contributed by atoms with E-state index in [-0.39, 0.29) is 28.1 Å². The summed E-state index contributed by atoms with van der Waals surface area (Å²) in [5.74, 6) is -1.81. The Morgan fingerprint density at radius 2 is 2.25 bits per heavy atom. The summed E-state index contributed by atoms with van der Waals surface area (Å²) in [4.78, 5) is 20.7. The minimum atomic E-state index is -3.94. The van der Waals surface area contributed by atoms with E-state index >= 15 is 0 Å². The number of carbonyl (C=O) groups is 1. The number of carboxylic acid groups (broad SMARTS) is 1. The third-order valence-electron chi connectivity index (χ3n) is 2.94. The maximum Gasteiger partial charge on any atom is 0.307 e. The average molecular weight is 341 g/mol. The number of hydrogen-bond donors (Lipinski definition) is 1. The van der Waals surface area contributed by atoms with Crippen molar-refractivity contribution in [1.82, 2.24) is 4.31 Å². The van der Waals surface area contributed by atoms with Crippen molar-refractivity contribution in [3.63, 3.8) is 0 Å². The highest BCUT2D eigenvalue weighted by Gasteiger charge is 2.37. The minimum absolute atomic E-state index is 0.0720. The summed E-state index contributed by atoms with van der Waals surface area (Å²) in [6, 6.07) is 0.899. The van der Waals surface area contributed by atoms with Crippen LogP contribution < -0.4 is 0 Å². The number of aliphatic carboxylic acids is 1. The molecule has 11 heteroatoms. The van der Waals surface area contributed by atoms with E-state index in [4.69, 9.17) is 16.7 Å². The first-order chi connectivity index (χ1) is 9.23. The SMILES string of the molecule is O=C(O)C1CCN(S(=O)(=O)c2cc([N+](=O)[O-])c(Cl)s2)C1. The molecule has 20 heavy (non-hydrogen) atoms. The maximum atomic E-state index is 12.3. The van der Waals surface area contributed by atoms with Gasteiger partial charge in [-0.05, 0) is 6.42 Å². The lowest BCUT2D eigenvalue weighted by molar-refractivity contribution is -0.384. The number of thiophene rings is 1. The normalized spacial score (nSPS) is 20.1. The zero-order chi connectivity index (χ0) is 15.1. The lowest BCUT2D eigenvalue weighted by Gasteiger charge is -2.13. The molecule has 1 aromatic rings. The zero-order valence-corrected chi connectivity index (χ0v) is 12.2. The van der Waals surface area contributed by atoms with Gasteiger partial charge in [0.25, 0.3) is 15.7 Å². The molecule has 1 aliphatic rings. The molecule has 1 fully saturated rings. The molecule has 0 bridgehead atoms. The number of sulfonamides is 1. The smallest absolute Gasteiger partial charge is 0.307 e. The predicted molar refractivity (Wildman–Crippen MR) is 70.5 cm³/mol. The van der Waals surface area contributed by atoms with Gasteiger partial charge in [-0.2, -0.15) is 4.31 Å². The molecule has 1 atom stereocenters. The molecule has 0 aromatic carbocycles. The van der Waals surface area contributed by atoms with E-state index < -0.39 is 32.5 Å². The van der Waals surface area contributed by atoms with E-state index in [0.29, 0.717) is 11.3 Å². The van der Waals surface area contributed by atoms with Gasteiger partial charge in [-0.15, -0.1) is 11.3 Å². The first-order valence-corrected chi connectivity index (χ1v) is 8.03. The molecule has 1 aliphatic heterocycles. The van der Waals surface area contributed by atoms with Crippen molar-refractivity contribution in [3.05, 3.63) is 20.5 Å². The molecule has 1 N–H and O–H groups in total. The number of hydrogen-bond acceptors (Lipinski definition) is 6. The first-order valence-electron chi connectivity index (χ1n) is 5.40. The number of nitrogens with zero attached hydrogens (tertiary/aromatic N) is 2. The lowest BCUT2D eigenvalue weighted by atomic mass is 10.1. The molecule has 0 spiro atoms. The molecule has 0 saturated carbocycles. The molecular formula is C9H9ClN2O6S2. The van der Waals surface area contributed by atoms with Gasteiger partial charge in [0.05, 0.1) is 10.8 Å². The third-order valence-corrected chi connectivity index (χ3v) is 6.59. The molecule has 1 aromatic heterocycles. The molecule has 110 valence electrons. The van der Waals surface area contributed by atoms with Crippen LogP contribution in [0.3, 0.4) is 0 Å². The van der Waals surface area contributed by atoms with Crippen molar-refractivity contribution in [3.8, 4) is 0 Å². The highest BCUT2D eigenvalue weighted by molar-refractivity contribution is 7.91. The Balaban J connectivity index is 2.30. The van der Waals surface area contributed by atoms with Gasteiger partial charge in [-0.25, -0.2) is 8.42 Å². The van der Waals surface area contributed by atoms with Crippen molar-refractivity contribution < 1.29 is 23.2 Å². The Bertz CT molecular complexity index is 670. The predicted octanol–water partition coefficient (Wildman–Crippen LogP) is 1.40. The summed E-state index contributed by atoms with van der Waals surface area (Å²) in [6.07, 6.45) is 0.218. The van der Waals surface area contributed by atoms with Crippen LogP contribution in [-0.4, -0.2) is 41.8 Å². The maximum absolute atomic E-state index is 12.3. The van der Waals surface area contributed by atoms with E-state index in [0.717, 1.165) is 10.4 Å². The molecule has 1 unspecified atom stereocenters. The summed E-state index contributed by atoms with van der Waals surface area (Å²) in [5, 5.41) is 19.5. The number of halogens is 1. The summed E-state index contributed by atoms with van der Waals surface area (Å²) in [5.41, 5.74) is -0.468. The van der Waals surface area contributed by atoms with E-state index in [9.17, 15) is 23.3 Å². The second-order valence-corrected chi connectivity index (χ2v) is 7.99. The Labute approximate surface area is 122 Å². The molecule has 2 rings (SSSR count). The van der Waals surface area contributed by atoms with E-state index in [1.54, 1.807) is 0 Å². The van der Waals surface area contributed by atoms with Crippen LogP contribution in [0.2, 0.25) is 4.34 Å². The van der Waals surface area contributed by atoms with Crippen molar-refractivity contribution in [2.45, 2.75) is 10.6 Å². The topological polar surface area (TPSA) is 118 Å². The van der Waals surface area contributed by atoms with Crippen LogP contribution in [0, 0.1) is 16.0 Å². The van der Waals surface area contributed by atoms with E-state index in [1.165, 1.54) is 0 Å². The van der Waals surface area contributed by atoms with Crippen molar-refractivity contribution in [2.24, 2.45) is 5.92 Å². The van der Waals surface area contributed by atoms with Gasteiger partial charge >= 0.3 is 5.97 Å². The van der Waals surface area contributed by atoms with Crippen LogP contribution in [-0.2, 0) is 14.8 Å². The van der Waals surface area contributed by atoms with Crippen LogP contribution in [0.1, 0.15) is 6.42 Å². The number of rotatable bonds is 4. The fourth-order valence-corrected chi connectivity index (χ4v) is 5.19. The Morgan fingerprint density at radius 1 is 1.60 bits per heavy atom.